The summed E-state index contributed by atoms with van der Waals surface area (Å²) in [5.74, 6) is -0.662. The van der Waals surface area contributed by atoms with Gasteiger partial charge in [-0.2, -0.15) is 8.75 Å². The standard InChI is InChI=1S/C11H12ClN5O2S/c1-11(2,9(13)15-19)10(18)14-7-5(12)3-4-6-8(7)17-20-16-6/h3-4,19H,1-2H3,(H2,13,15)(H,14,18). The number of amides is 1. The van der Waals surface area contributed by atoms with Crippen LogP contribution in [0.1, 0.15) is 13.8 Å². The van der Waals surface area contributed by atoms with Crippen molar-refractivity contribution < 1.29 is 10.0 Å². The van der Waals surface area contributed by atoms with Gasteiger partial charge in [-0.05, 0) is 26.0 Å². The van der Waals surface area contributed by atoms with Gasteiger partial charge in [0.25, 0.3) is 0 Å². The highest BCUT2D eigenvalue weighted by Gasteiger charge is 2.33. The van der Waals surface area contributed by atoms with Gasteiger partial charge < -0.3 is 16.3 Å². The molecule has 20 heavy (non-hydrogen) atoms. The van der Waals surface area contributed by atoms with Crippen molar-refractivity contribution in [2.24, 2.45) is 16.3 Å². The van der Waals surface area contributed by atoms with Crippen molar-refractivity contribution in [3.05, 3.63) is 17.2 Å². The Bertz CT molecular complexity index is 697. The maximum absolute atomic E-state index is 12.3. The number of rotatable bonds is 3. The first-order valence-electron chi connectivity index (χ1n) is 5.58. The molecule has 1 aromatic heterocycles. The Labute approximate surface area is 123 Å². The number of fused-ring (bicyclic) bond motifs is 1. The summed E-state index contributed by atoms with van der Waals surface area (Å²) in [6.45, 7) is 3.06. The summed E-state index contributed by atoms with van der Waals surface area (Å²) in [5.41, 5.74) is 5.83. The summed E-state index contributed by atoms with van der Waals surface area (Å²) >= 11 is 7.10. The van der Waals surface area contributed by atoms with Crippen LogP contribution in [-0.4, -0.2) is 25.7 Å². The Morgan fingerprint density at radius 1 is 1.50 bits per heavy atom. The maximum atomic E-state index is 12.3. The maximum Gasteiger partial charge on any atom is 0.237 e. The Kier molecular flexibility index (Phi) is 3.78. The van der Waals surface area contributed by atoms with Crippen LogP contribution in [0.3, 0.4) is 0 Å². The topological polar surface area (TPSA) is 113 Å². The van der Waals surface area contributed by atoms with E-state index in [-0.39, 0.29) is 5.84 Å². The number of benzene rings is 1. The van der Waals surface area contributed by atoms with E-state index in [1.807, 2.05) is 0 Å². The zero-order chi connectivity index (χ0) is 14.9. The number of amidine groups is 1. The predicted molar refractivity (Wildman–Crippen MR) is 78.2 cm³/mol. The molecule has 4 N–H and O–H groups in total. The molecule has 0 saturated heterocycles. The van der Waals surface area contributed by atoms with Crippen LogP contribution < -0.4 is 11.1 Å². The van der Waals surface area contributed by atoms with E-state index < -0.39 is 11.3 Å². The van der Waals surface area contributed by atoms with Gasteiger partial charge in [-0.1, -0.05) is 16.8 Å². The molecule has 1 amide bonds. The summed E-state index contributed by atoms with van der Waals surface area (Å²) in [7, 11) is 0. The van der Waals surface area contributed by atoms with Crippen molar-refractivity contribution in [1.82, 2.24) is 8.75 Å². The largest absolute Gasteiger partial charge is 0.409 e. The van der Waals surface area contributed by atoms with Gasteiger partial charge in [0.05, 0.1) is 22.4 Å². The average molecular weight is 314 g/mol. The molecule has 0 aliphatic carbocycles. The Balaban J connectivity index is 2.40. The fraction of sp³-hybridized carbons (Fsp3) is 0.273. The number of nitrogens with two attached hydrogens (primary N) is 1. The second kappa shape index (κ2) is 5.22. The van der Waals surface area contributed by atoms with Crippen molar-refractivity contribution in [3.63, 3.8) is 0 Å². The van der Waals surface area contributed by atoms with E-state index in [0.29, 0.717) is 21.7 Å². The van der Waals surface area contributed by atoms with E-state index in [1.54, 1.807) is 12.1 Å². The number of carbonyl (C=O) groups excluding carboxylic acids is 1. The Morgan fingerprint density at radius 3 is 2.85 bits per heavy atom. The summed E-state index contributed by atoms with van der Waals surface area (Å²) < 4.78 is 8.17. The molecule has 0 fully saturated rings. The van der Waals surface area contributed by atoms with Gasteiger partial charge in [0.15, 0.2) is 5.84 Å². The third-order valence-electron chi connectivity index (χ3n) is 2.93. The minimum absolute atomic E-state index is 0.199. The van der Waals surface area contributed by atoms with Crippen molar-refractivity contribution in [2.45, 2.75) is 13.8 Å². The molecule has 0 aliphatic rings. The van der Waals surface area contributed by atoms with Crippen LogP contribution >= 0.6 is 23.3 Å². The monoisotopic (exact) mass is 313 g/mol. The van der Waals surface area contributed by atoms with Crippen molar-refractivity contribution in [2.75, 3.05) is 5.32 Å². The molecule has 1 heterocycles. The molecule has 9 heteroatoms. The summed E-state index contributed by atoms with van der Waals surface area (Å²) in [5, 5.41) is 14.6. The summed E-state index contributed by atoms with van der Waals surface area (Å²) in [6, 6.07) is 3.34. The van der Waals surface area contributed by atoms with Gasteiger partial charge in [0.1, 0.15) is 16.4 Å². The summed E-state index contributed by atoms with van der Waals surface area (Å²) in [4.78, 5) is 12.3. The number of carbonyl (C=O) groups is 1. The van der Waals surface area contributed by atoms with Crippen LogP contribution in [0.5, 0.6) is 0 Å². The van der Waals surface area contributed by atoms with Gasteiger partial charge in [-0.25, -0.2) is 0 Å². The molecule has 7 nitrogen and oxygen atoms in total. The fourth-order valence-corrected chi connectivity index (χ4v) is 2.20. The molecule has 0 spiro atoms. The molecule has 106 valence electrons. The lowest BCUT2D eigenvalue weighted by atomic mass is 9.91. The van der Waals surface area contributed by atoms with Crippen molar-refractivity contribution in [3.8, 4) is 0 Å². The lowest BCUT2D eigenvalue weighted by Crippen LogP contribution is -2.42. The number of oxime groups is 1. The minimum atomic E-state index is -1.19. The highest BCUT2D eigenvalue weighted by Crippen LogP contribution is 2.31. The van der Waals surface area contributed by atoms with Gasteiger partial charge in [0.2, 0.25) is 5.91 Å². The first kappa shape index (κ1) is 14.5. The molecule has 0 saturated carbocycles. The zero-order valence-corrected chi connectivity index (χ0v) is 12.3. The molecule has 0 radical (unpaired) electrons. The molecule has 2 rings (SSSR count). The Morgan fingerprint density at radius 2 is 2.20 bits per heavy atom. The highest BCUT2D eigenvalue weighted by molar-refractivity contribution is 7.00. The van der Waals surface area contributed by atoms with Crippen LogP contribution in [0.4, 0.5) is 5.69 Å². The molecular weight excluding hydrogens is 302 g/mol. The van der Waals surface area contributed by atoms with Crippen LogP contribution in [0.2, 0.25) is 5.02 Å². The van der Waals surface area contributed by atoms with Gasteiger partial charge in [-0.3, -0.25) is 4.79 Å². The van der Waals surface area contributed by atoms with Gasteiger partial charge in [-0.15, -0.1) is 0 Å². The Hall–Kier alpha value is -1.93. The lowest BCUT2D eigenvalue weighted by Gasteiger charge is -2.22. The molecule has 0 atom stereocenters. The number of aromatic nitrogens is 2. The van der Waals surface area contributed by atoms with E-state index >= 15 is 0 Å². The van der Waals surface area contributed by atoms with E-state index in [1.165, 1.54) is 13.8 Å². The lowest BCUT2D eigenvalue weighted by molar-refractivity contribution is -0.121. The predicted octanol–water partition coefficient (Wildman–Crippen LogP) is 2.06. The van der Waals surface area contributed by atoms with E-state index in [4.69, 9.17) is 22.5 Å². The van der Waals surface area contributed by atoms with E-state index in [2.05, 4.69) is 19.2 Å². The van der Waals surface area contributed by atoms with Crippen molar-refractivity contribution >= 4 is 51.8 Å². The smallest absolute Gasteiger partial charge is 0.237 e. The summed E-state index contributed by atoms with van der Waals surface area (Å²) in [6.07, 6.45) is 0. The quantitative estimate of drug-likeness (QED) is 0.347. The second-order valence-electron chi connectivity index (χ2n) is 4.62. The number of nitrogens with one attached hydrogen (secondary N) is 1. The molecule has 1 aromatic carbocycles. The molecule has 0 unspecified atom stereocenters. The number of hydrogen-bond acceptors (Lipinski definition) is 6. The highest BCUT2D eigenvalue weighted by atomic mass is 35.5. The third kappa shape index (κ3) is 2.39. The number of nitrogens with zero attached hydrogens (tertiary/aromatic N) is 3. The third-order valence-corrected chi connectivity index (χ3v) is 3.79. The van der Waals surface area contributed by atoms with E-state index in [9.17, 15) is 4.79 Å². The SMILES string of the molecule is CC(C)(C(=O)Nc1c(Cl)ccc2nsnc12)C(N)=NO. The van der Waals surface area contributed by atoms with Crippen LogP contribution in [0.25, 0.3) is 11.0 Å². The van der Waals surface area contributed by atoms with Crippen LogP contribution in [0.15, 0.2) is 17.3 Å². The number of anilines is 1. The van der Waals surface area contributed by atoms with Crippen LogP contribution in [-0.2, 0) is 4.79 Å². The van der Waals surface area contributed by atoms with E-state index in [0.717, 1.165) is 11.7 Å². The second-order valence-corrected chi connectivity index (χ2v) is 5.55. The van der Waals surface area contributed by atoms with Gasteiger partial charge in [0, 0.05) is 0 Å². The number of halogens is 1. The molecule has 2 aromatic rings. The molecule has 0 aliphatic heterocycles. The molecule has 0 bridgehead atoms. The fourth-order valence-electron chi connectivity index (χ4n) is 1.46. The average Bonchev–Trinajstić information content (AvgIpc) is 2.89. The first-order valence-corrected chi connectivity index (χ1v) is 6.69. The molecular formula is C11H12ClN5O2S. The van der Waals surface area contributed by atoms with Crippen molar-refractivity contribution in [1.29, 1.82) is 0 Å². The minimum Gasteiger partial charge on any atom is -0.409 e. The van der Waals surface area contributed by atoms with Gasteiger partial charge >= 0.3 is 0 Å². The first-order chi connectivity index (χ1) is 9.37. The number of hydrogen-bond donors (Lipinski definition) is 3. The normalized spacial score (nSPS) is 12.7. The zero-order valence-electron chi connectivity index (χ0n) is 10.7. The van der Waals surface area contributed by atoms with Crippen LogP contribution in [0, 0.1) is 5.41 Å².